The number of hydrogen-bond donors (Lipinski definition) is 1. The number of amides is 1. The monoisotopic (exact) mass is 350 g/mol. The van der Waals surface area contributed by atoms with Gasteiger partial charge in [0.1, 0.15) is 11.5 Å². The third kappa shape index (κ3) is 3.10. The van der Waals surface area contributed by atoms with E-state index >= 15 is 0 Å². The minimum absolute atomic E-state index is 0.114. The van der Waals surface area contributed by atoms with Crippen molar-refractivity contribution in [2.75, 3.05) is 7.11 Å². The van der Waals surface area contributed by atoms with Crippen molar-refractivity contribution in [3.63, 3.8) is 0 Å². The molecular weight excluding hydrogens is 336 g/mol. The highest BCUT2D eigenvalue weighted by Gasteiger charge is 2.29. The molecule has 1 heterocycles. The van der Waals surface area contributed by atoms with Crippen LogP contribution in [0.1, 0.15) is 40.4 Å². The number of carbonyl (C=O) groups excluding carboxylic acids is 1. The van der Waals surface area contributed by atoms with E-state index in [-0.39, 0.29) is 5.91 Å². The van der Waals surface area contributed by atoms with Crippen LogP contribution in [0.25, 0.3) is 0 Å². The summed E-state index contributed by atoms with van der Waals surface area (Å²) in [5.41, 5.74) is 1.73. The molecule has 6 heteroatoms. The summed E-state index contributed by atoms with van der Waals surface area (Å²) in [6.07, 6.45) is 5.17. The Morgan fingerprint density at radius 2 is 2.33 bits per heavy atom. The molecule has 110 valence electrons. The number of rotatable bonds is 5. The lowest BCUT2D eigenvalue weighted by Gasteiger charge is -2.12. The van der Waals surface area contributed by atoms with Crippen molar-refractivity contribution in [2.45, 2.75) is 25.3 Å². The van der Waals surface area contributed by atoms with Gasteiger partial charge in [-0.15, -0.1) is 0 Å². The molecule has 0 radical (unpaired) electrons. The number of oxazole rings is 1. The van der Waals surface area contributed by atoms with Crippen LogP contribution in [0.15, 0.2) is 33.6 Å². The van der Waals surface area contributed by atoms with Crippen molar-refractivity contribution >= 4 is 21.8 Å². The van der Waals surface area contributed by atoms with E-state index in [1.807, 2.05) is 12.1 Å². The molecule has 0 aliphatic heterocycles. The van der Waals surface area contributed by atoms with Gasteiger partial charge in [0.05, 0.1) is 24.3 Å². The van der Waals surface area contributed by atoms with E-state index in [2.05, 4.69) is 26.2 Å². The van der Waals surface area contributed by atoms with Crippen molar-refractivity contribution in [3.05, 3.63) is 46.1 Å². The Kier molecular flexibility index (Phi) is 3.96. The van der Waals surface area contributed by atoms with E-state index in [0.717, 1.165) is 28.6 Å². The predicted molar refractivity (Wildman–Crippen MR) is 80.3 cm³/mol. The first-order valence-corrected chi connectivity index (χ1v) is 7.51. The summed E-state index contributed by atoms with van der Waals surface area (Å²) >= 11 is 3.44. The summed E-state index contributed by atoms with van der Waals surface area (Å²) in [5, 5.41) is 2.85. The minimum Gasteiger partial charge on any atom is -0.496 e. The lowest BCUT2D eigenvalue weighted by molar-refractivity contribution is 0.0947. The fourth-order valence-corrected chi connectivity index (χ4v) is 2.75. The highest BCUT2D eigenvalue weighted by Crippen LogP contribution is 2.44. The molecule has 5 nitrogen and oxygen atoms in total. The number of ether oxygens (including phenoxy) is 1. The quantitative estimate of drug-likeness (QED) is 0.898. The van der Waals surface area contributed by atoms with Gasteiger partial charge in [-0.3, -0.25) is 4.79 Å². The van der Waals surface area contributed by atoms with Crippen LogP contribution in [0.4, 0.5) is 0 Å². The Labute approximate surface area is 130 Å². The maximum absolute atomic E-state index is 12.4. The standard InChI is InChI=1S/C15H15BrN2O3/c1-20-14-5-11(9-2-3-9)12(4-13(14)16)15(19)18-7-10-6-17-8-21-10/h4-6,8-9H,2-3,7H2,1H3,(H,18,19). The zero-order valence-electron chi connectivity index (χ0n) is 11.6. The zero-order valence-corrected chi connectivity index (χ0v) is 13.1. The van der Waals surface area contributed by atoms with Crippen LogP contribution >= 0.6 is 15.9 Å². The molecule has 3 rings (SSSR count). The second-order valence-corrected chi connectivity index (χ2v) is 5.85. The Bertz CT molecular complexity index is 651. The Balaban J connectivity index is 1.82. The van der Waals surface area contributed by atoms with Crippen molar-refractivity contribution in [1.82, 2.24) is 10.3 Å². The van der Waals surface area contributed by atoms with E-state index in [9.17, 15) is 4.79 Å². The van der Waals surface area contributed by atoms with Crippen molar-refractivity contribution in [3.8, 4) is 5.75 Å². The van der Waals surface area contributed by atoms with Crippen LogP contribution in [0.5, 0.6) is 5.75 Å². The molecule has 1 fully saturated rings. The fourth-order valence-electron chi connectivity index (χ4n) is 2.25. The molecule has 1 aromatic carbocycles. The minimum atomic E-state index is -0.114. The fraction of sp³-hybridized carbons (Fsp3) is 0.333. The average molecular weight is 351 g/mol. The third-order valence-corrected chi connectivity index (χ3v) is 4.11. The molecule has 21 heavy (non-hydrogen) atoms. The largest absolute Gasteiger partial charge is 0.496 e. The number of nitrogens with one attached hydrogen (secondary N) is 1. The molecule has 0 spiro atoms. The number of methoxy groups -OCH3 is 1. The van der Waals surface area contributed by atoms with Crippen LogP contribution in [0.2, 0.25) is 0 Å². The Morgan fingerprint density at radius 3 is 2.95 bits per heavy atom. The summed E-state index contributed by atoms with van der Waals surface area (Å²) in [6, 6.07) is 3.77. The molecule has 0 bridgehead atoms. The molecule has 1 aliphatic rings. The number of hydrogen-bond acceptors (Lipinski definition) is 4. The van der Waals surface area contributed by atoms with Gasteiger partial charge in [0.15, 0.2) is 6.39 Å². The number of halogens is 1. The molecule has 1 saturated carbocycles. The van der Waals surface area contributed by atoms with Gasteiger partial charge in [-0.05, 0) is 52.4 Å². The molecule has 0 unspecified atom stereocenters. The van der Waals surface area contributed by atoms with Crippen LogP contribution in [-0.4, -0.2) is 18.0 Å². The van der Waals surface area contributed by atoms with Gasteiger partial charge < -0.3 is 14.5 Å². The molecule has 0 atom stereocenters. The summed E-state index contributed by atoms with van der Waals surface area (Å²) in [4.78, 5) is 16.2. The van der Waals surface area contributed by atoms with Crippen LogP contribution in [-0.2, 0) is 6.54 Å². The SMILES string of the molecule is COc1cc(C2CC2)c(C(=O)NCc2cnco2)cc1Br. The smallest absolute Gasteiger partial charge is 0.251 e. The molecule has 2 aromatic rings. The van der Waals surface area contributed by atoms with Crippen LogP contribution in [0, 0.1) is 0 Å². The number of benzene rings is 1. The molecule has 1 amide bonds. The van der Waals surface area contributed by atoms with Gasteiger partial charge in [0.25, 0.3) is 5.91 Å². The second kappa shape index (κ2) is 5.89. The number of aromatic nitrogens is 1. The van der Waals surface area contributed by atoms with Gasteiger partial charge in [-0.2, -0.15) is 0 Å². The lowest BCUT2D eigenvalue weighted by Crippen LogP contribution is -2.23. The normalized spacial score (nSPS) is 14.0. The van der Waals surface area contributed by atoms with E-state index in [1.165, 1.54) is 6.39 Å². The first-order chi connectivity index (χ1) is 10.2. The lowest BCUT2D eigenvalue weighted by atomic mass is 10.0. The van der Waals surface area contributed by atoms with Crippen LogP contribution < -0.4 is 10.1 Å². The van der Waals surface area contributed by atoms with E-state index in [0.29, 0.717) is 23.8 Å². The summed E-state index contributed by atoms with van der Waals surface area (Å²) in [5.74, 6) is 1.72. The predicted octanol–water partition coefficient (Wildman–Crippen LogP) is 3.25. The summed E-state index contributed by atoms with van der Waals surface area (Å²) in [6.45, 7) is 0.326. The van der Waals surface area contributed by atoms with Crippen molar-refractivity contribution in [1.29, 1.82) is 0 Å². The first-order valence-electron chi connectivity index (χ1n) is 6.72. The third-order valence-electron chi connectivity index (χ3n) is 3.49. The van der Waals surface area contributed by atoms with Crippen molar-refractivity contribution in [2.24, 2.45) is 0 Å². The van der Waals surface area contributed by atoms with Gasteiger partial charge in [-0.1, -0.05) is 0 Å². The Hall–Kier alpha value is -1.82. The highest BCUT2D eigenvalue weighted by molar-refractivity contribution is 9.10. The van der Waals surface area contributed by atoms with Gasteiger partial charge >= 0.3 is 0 Å². The molecule has 1 aromatic heterocycles. The topological polar surface area (TPSA) is 64.4 Å². The van der Waals surface area contributed by atoms with E-state index in [1.54, 1.807) is 13.3 Å². The maximum Gasteiger partial charge on any atom is 0.251 e. The van der Waals surface area contributed by atoms with Gasteiger partial charge in [0.2, 0.25) is 0 Å². The first kappa shape index (κ1) is 14.1. The second-order valence-electron chi connectivity index (χ2n) is 5.00. The molecule has 1 aliphatic carbocycles. The van der Waals surface area contributed by atoms with E-state index in [4.69, 9.17) is 9.15 Å². The Morgan fingerprint density at radius 1 is 1.52 bits per heavy atom. The average Bonchev–Trinajstić information content (AvgIpc) is 3.20. The summed E-state index contributed by atoms with van der Waals surface area (Å²) in [7, 11) is 1.63. The zero-order chi connectivity index (χ0) is 14.8. The highest BCUT2D eigenvalue weighted by atomic mass is 79.9. The molecular formula is C15H15BrN2O3. The number of nitrogens with zero attached hydrogens (tertiary/aromatic N) is 1. The van der Waals surface area contributed by atoms with Gasteiger partial charge in [-0.25, -0.2) is 4.98 Å². The molecule has 0 saturated heterocycles. The molecule has 1 N–H and O–H groups in total. The summed E-state index contributed by atoms with van der Waals surface area (Å²) < 4.78 is 11.2. The van der Waals surface area contributed by atoms with Crippen LogP contribution in [0.3, 0.4) is 0 Å². The van der Waals surface area contributed by atoms with Crippen molar-refractivity contribution < 1.29 is 13.9 Å². The maximum atomic E-state index is 12.4. The number of carbonyl (C=O) groups is 1. The van der Waals surface area contributed by atoms with Gasteiger partial charge in [0, 0.05) is 5.56 Å². The van der Waals surface area contributed by atoms with E-state index < -0.39 is 0 Å².